The number of ether oxygens (including phenoxy) is 1. The van der Waals surface area contributed by atoms with Crippen LogP contribution in [0.1, 0.15) is 18.1 Å². The van der Waals surface area contributed by atoms with Crippen LogP contribution in [0.15, 0.2) is 42.7 Å². The van der Waals surface area contributed by atoms with Crippen molar-refractivity contribution in [1.82, 2.24) is 4.98 Å². The molecule has 0 saturated heterocycles. The number of halogens is 1. The summed E-state index contributed by atoms with van der Waals surface area (Å²) in [6.45, 7) is 3.56. The Morgan fingerprint density at radius 1 is 1.33 bits per heavy atom. The molecule has 0 radical (unpaired) electrons. The van der Waals surface area contributed by atoms with Crippen LogP contribution in [0.3, 0.4) is 0 Å². The van der Waals surface area contributed by atoms with E-state index in [1.54, 1.807) is 6.92 Å². The van der Waals surface area contributed by atoms with Gasteiger partial charge in [-0.05, 0) is 31.5 Å². The quantitative estimate of drug-likeness (QED) is 0.879. The molecule has 0 aliphatic carbocycles. The number of hydrogen-bond acceptors (Lipinski definition) is 4. The zero-order chi connectivity index (χ0) is 15.5. The molecule has 1 N–H and O–H groups in total. The van der Waals surface area contributed by atoms with Gasteiger partial charge < -0.3 is 10.1 Å². The summed E-state index contributed by atoms with van der Waals surface area (Å²) in [6.07, 6.45) is 2.54. The van der Waals surface area contributed by atoms with E-state index in [2.05, 4.69) is 10.3 Å². The van der Waals surface area contributed by atoms with Gasteiger partial charge in [0, 0.05) is 17.4 Å². The van der Waals surface area contributed by atoms with E-state index >= 15 is 0 Å². The molecule has 21 heavy (non-hydrogen) atoms. The van der Waals surface area contributed by atoms with E-state index in [-0.39, 0.29) is 0 Å². The number of aryl methyl sites for hydroxylation is 1. The number of nitrogens with one attached hydrogen (secondary N) is 1. The van der Waals surface area contributed by atoms with Crippen LogP contribution in [-0.2, 0) is 15.1 Å². The van der Waals surface area contributed by atoms with Gasteiger partial charge in [0.05, 0.1) is 13.3 Å². The van der Waals surface area contributed by atoms with Crippen molar-refractivity contribution < 1.29 is 13.9 Å². The lowest BCUT2D eigenvalue weighted by Gasteiger charge is -2.30. The maximum absolute atomic E-state index is 13.4. The highest BCUT2D eigenvalue weighted by Gasteiger charge is 2.37. The summed E-state index contributed by atoms with van der Waals surface area (Å²) in [7, 11) is 1.30. The van der Waals surface area contributed by atoms with Gasteiger partial charge >= 0.3 is 5.97 Å². The van der Waals surface area contributed by atoms with Crippen molar-refractivity contribution in [2.24, 2.45) is 0 Å². The predicted octanol–water partition coefficient (Wildman–Crippen LogP) is 3.03. The Morgan fingerprint density at radius 2 is 2.05 bits per heavy atom. The summed E-state index contributed by atoms with van der Waals surface area (Å²) >= 11 is 0. The largest absolute Gasteiger partial charge is 0.467 e. The highest BCUT2D eigenvalue weighted by atomic mass is 19.1. The third-order valence-electron chi connectivity index (χ3n) is 3.41. The lowest BCUT2D eigenvalue weighted by molar-refractivity contribution is -0.145. The summed E-state index contributed by atoms with van der Waals surface area (Å²) in [5, 5.41) is 3.14. The van der Waals surface area contributed by atoms with E-state index in [4.69, 9.17) is 4.74 Å². The van der Waals surface area contributed by atoms with E-state index < -0.39 is 17.3 Å². The number of rotatable bonds is 4. The van der Waals surface area contributed by atoms with Crippen LogP contribution >= 0.6 is 0 Å². The third-order valence-corrected chi connectivity index (χ3v) is 3.41. The van der Waals surface area contributed by atoms with Crippen LogP contribution in [0.25, 0.3) is 0 Å². The maximum atomic E-state index is 13.4. The molecule has 0 aliphatic heterocycles. The zero-order valence-corrected chi connectivity index (χ0v) is 12.2. The first-order valence-electron chi connectivity index (χ1n) is 6.50. The Morgan fingerprint density at radius 3 is 2.67 bits per heavy atom. The average molecular weight is 288 g/mol. The van der Waals surface area contributed by atoms with E-state index in [1.165, 1.54) is 19.4 Å². The summed E-state index contributed by atoms with van der Waals surface area (Å²) < 4.78 is 18.3. The van der Waals surface area contributed by atoms with Crippen molar-refractivity contribution in [3.63, 3.8) is 0 Å². The van der Waals surface area contributed by atoms with Crippen molar-refractivity contribution in [1.29, 1.82) is 0 Å². The van der Waals surface area contributed by atoms with Crippen molar-refractivity contribution >= 4 is 11.7 Å². The molecule has 5 heteroatoms. The second-order valence-corrected chi connectivity index (χ2v) is 4.95. The Kier molecular flexibility index (Phi) is 4.21. The topological polar surface area (TPSA) is 51.2 Å². The van der Waals surface area contributed by atoms with Gasteiger partial charge in [-0.25, -0.2) is 9.18 Å². The molecule has 1 aromatic carbocycles. The minimum atomic E-state index is -1.23. The summed E-state index contributed by atoms with van der Waals surface area (Å²) in [5.41, 5.74) is 0.917. The molecular weight excluding hydrogens is 271 g/mol. The number of carbonyl (C=O) groups excluding carboxylic acids is 1. The lowest BCUT2D eigenvalue weighted by atomic mass is 9.92. The molecule has 1 heterocycles. The molecule has 0 spiro atoms. The van der Waals surface area contributed by atoms with Crippen LogP contribution in [0, 0.1) is 12.7 Å². The number of aromatic nitrogens is 1. The predicted molar refractivity (Wildman–Crippen MR) is 78.4 cm³/mol. The number of anilines is 1. The standard InChI is InChI=1S/C16H17FN2O2/c1-11-6-4-5-7-14(11)19-16(2,15(20)21-3)12-8-13(17)10-18-9-12/h4-10,19H,1-3H3. The molecule has 4 nitrogen and oxygen atoms in total. The lowest BCUT2D eigenvalue weighted by Crippen LogP contribution is -2.41. The van der Waals surface area contributed by atoms with Crippen LogP contribution in [0.4, 0.5) is 10.1 Å². The number of benzene rings is 1. The summed E-state index contributed by atoms with van der Waals surface area (Å²) in [6, 6.07) is 8.80. The molecule has 1 atom stereocenters. The number of hydrogen-bond donors (Lipinski definition) is 1. The molecule has 1 unspecified atom stereocenters. The molecule has 0 fully saturated rings. The first kappa shape index (κ1) is 15.0. The third kappa shape index (κ3) is 3.02. The number of carbonyl (C=O) groups is 1. The van der Waals surface area contributed by atoms with Crippen molar-refractivity contribution in [3.05, 3.63) is 59.7 Å². The van der Waals surface area contributed by atoms with E-state index in [0.29, 0.717) is 5.56 Å². The molecule has 0 amide bonds. The Hall–Kier alpha value is -2.43. The molecule has 0 bridgehead atoms. The van der Waals surface area contributed by atoms with Gasteiger partial charge in [-0.15, -0.1) is 0 Å². The van der Waals surface area contributed by atoms with Gasteiger partial charge in [-0.3, -0.25) is 4.98 Å². The van der Waals surface area contributed by atoms with Gasteiger partial charge in [0.2, 0.25) is 0 Å². The van der Waals surface area contributed by atoms with E-state index in [1.807, 2.05) is 31.2 Å². The zero-order valence-electron chi connectivity index (χ0n) is 12.2. The van der Waals surface area contributed by atoms with Crippen LogP contribution < -0.4 is 5.32 Å². The van der Waals surface area contributed by atoms with Crippen molar-refractivity contribution in [2.45, 2.75) is 19.4 Å². The van der Waals surface area contributed by atoms with Gasteiger partial charge in [-0.2, -0.15) is 0 Å². The van der Waals surface area contributed by atoms with Crippen molar-refractivity contribution in [2.75, 3.05) is 12.4 Å². The molecule has 2 rings (SSSR count). The highest BCUT2D eigenvalue weighted by molar-refractivity contribution is 5.85. The summed E-state index contributed by atoms with van der Waals surface area (Å²) in [4.78, 5) is 16.0. The van der Waals surface area contributed by atoms with Crippen molar-refractivity contribution in [3.8, 4) is 0 Å². The first-order chi connectivity index (χ1) is 9.97. The molecule has 1 aromatic heterocycles. The fourth-order valence-corrected chi connectivity index (χ4v) is 2.11. The van der Waals surface area contributed by atoms with Gasteiger partial charge in [0.1, 0.15) is 5.82 Å². The average Bonchev–Trinajstić information content (AvgIpc) is 2.48. The van der Waals surface area contributed by atoms with Crippen LogP contribution in [0.5, 0.6) is 0 Å². The number of esters is 1. The number of nitrogens with zero attached hydrogens (tertiary/aromatic N) is 1. The Labute approximate surface area is 123 Å². The molecule has 110 valence electrons. The minimum absolute atomic E-state index is 0.401. The SMILES string of the molecule is COC(=O)C(C)(Nc1ccccc1C)c1cncc(F)c1. The van der Waals surface area contributed by atoms with E-state index in [0.717, 1.165) is 17.4 Å². The minimum Gasteiger partial charge on any atom is -0.467 e. The van der Waals surface area contributed by atoms with Gasteiger partial charge in [0.15, 0.2) is 5.54 Å². The van der Waals surface area contributed by atoms with Crippen LogP contribution in [-0.4, -0.2) is 18.1 Å². The second-order valence-electron chi connectivity index (χ2n) is 4.95. The fourth-order valence-electron chi connectivity index (χ4n) is 2.11. The summed E-state index contributed by atoms with van der Waals surface area (Å²) in [5.74, 6) is -1.02. The fraction of sp³-hybridized carbons (Fsp3) is 0.250. The van der Waals surface area contributed by atoms with E-state index in [9.17, 15) is 9.18 Å². The van der Waals surface area contributed by atoms with Gasteiger partial charge in [-0.1, -0.05) is 18.2 Å². The van der Waals surface area contributed by atoms with Gasteiger partial charge in [0.25, 0.3) is 0 Å². The molecular formula is C16H17FN2O2. The monoisotopic (exact) mass is 288 g/mol. The first-order valence-corrected chi connectivity index (χ1v) is 6.50. The molecule has 0 aliphatic rings. The van der Waals surface area contributed by atoms with Crippen LogP contribution in [0.2, 0.25) is 0 Å². The molecule has 0 saturated carbocycles. The number of para-hydroxylation sites is 1. The highest BCUT2D eigenvalue weighted by Crippen LogP contribution is 2.29. The molecule has 2 aromatic rings. The number of methoxy groups -OCH3 is 1. The smallest absolute Gasteiger partial charge is 0.335 e. The normalized spacial score (nSPS) is 13.3. The maximum Gasteiger partial charge on any atom is 0.335 e. The Balaban J connectivity index is 2.48. The second kappa shape index (κ2) is 5.91. The number of pyridine rings is 1. The Bertz CT molecular complexity index is 660.